The second kappa shape index (κ2) is 9.69. The molecule has 0 unspecified atom stereocenters. The highest BCUT2D eigenvalue weighted by atomic mass is 16.5. The first kappa shape index (κ1) is 20.4. The average Bonchev–Trinajstić information content (AvgIpc) is 2.68. The van der Waals surface area contributed by atoms with Crippen molar-refractivity contribution in [2.45, 2.75) is 52.2 Å². The van der Waals surface area contributed by atoms with Gasteiger partial charge >= 0.3 is 5.97 Å². The summed E-state index contributed by atoms with van der Waals surface area (Å²) in [5.41, 5.74) is 0.417. The zero-order valence-corrected chi connectivity index (χ0v) is 15.6. The Morgan fingerprint density at radius 1 is 1.23 bits per heavy atom. The molecule has 0 spiro atoms. The number of nitrogens with one attached hydrogen (secondary N) is 1. The molecule has 1 aliphatic heterocycles. The van der Waals surface area contributed by atoms with Crippen LogP contribution in [0, 0.1) is 5.41 Å². The minimum atomic E-state index is -0.927. The number of ether oxygens (including phenoxy) is 2. The Kier molecular flexibility index (Phi) is 7.60. The summed E-state index contributed by atoms with van der Waals surface area (Å²) in [5, 5.41) is 12.3. The summed E-state index contributed by atoms with van der Waals surface area (Å²) in [7, 11) is 0. The molecule has 1 heterocycles. The van der Waals surface area contributed by atoms with E-state index >= 15 is 0 Å². The Bertz CT molecular complexity index is 606. The smallest absolute Gasteiger partial charge is 0.311 e. The van der Waals surface area contributed by atoms with E-state index in [4.69, 9.17) is 9.47 Å². The first-order chi connectivity index (χ1) is 12.5. The molecule has 1 aromatic carbocycles. The van der Waals surface area contributed by atoms with Crippen LogP contribution in [0.1, 0.15) is 55.5 Å². The molecular formula is C20H29NO5. The molecule has 26 heavy (non-hydrogen) atoms. The maximum atomic E-state index is 12.6. The van der Waals surface area contributed by atoms with E-state index in [0.717, 1.165) is 18.4 Å². The molecule has 1 aromatic rings. The monoisotopic (exact) mass is 363 g/mol. The number of benzene rings is 1. The third-order valence-corrected chi connectivity index (χ3v) is 5.30. The minimum Gasteiger partial charge on any atom is -0.481 e. The first-order valence-electron chi connectivity index (χ1n) is 9.31. The number of aliphatic carboxylic acids is 1. The average molecular weight is 363 g/mol. The van der Waals surface area contributed by atoms with Crippen LogP contribution in [0.4, 0.5) is 0 Å². The molecule has 0 aliphatic carbocycles. The van der Waals surface area contributed by atoms with Gasteiger partial charge in [0.15, 0.2) is 0 Å². The molecule has 1 fully saturated rings. The predicted molar refractivity (Wildman–Crippen MR) is 98.1 cm³/mol. The highest BCUT2D eigenvalue weighted by molar-refractivity contribution is 5.96. The molecule has 0 saturated carbocycles. The number of carboxylic acid groups (broad SMARTS) is 1. The molecule has 2 N–H and O–H groups in total. The summed E-state index contributed by atoms with van der Waals surface area (Å²) >= 11 is 0. The van der Waals surface area contributed by atoms with Gasteiger partial charge in [-0.05, 0) is 37.3 Å². The summed E-state index contributed by atoms with van der Waals surface area (Å²) < 4.78 is 11.3. The van der Waals surface area contributed by atoms with Gasteiger partial charge in [0.25, 0.3) is 5.91 Å². The summed E-state index contributed by atoms with van der Waals surface area (Å²) in [6.45, 7) is 5.55. The Morgan fingerprint density at radius 3 is 2.50 bits per heavy atom. The van der Waals surface area contributed by atoms with E-state index in [-0.39, 0.29) is 18.6 Å². The number of carbonyl (C=O) groups excluding carboxylic acids is 1. The largest absolute Gasteiger partial charge is 0.481 e. The van der Waals surface area contributed by atoms with E-state index in [9.17, 15) is 14.7 Å². The number of hydrogen-bond donors (Lipinski definition) is 2. The number of carbonyl (C=O) groups is 2. The zero-order valence-electron chi connectivity index (χ0n) is 15.6. The van der Waals surface area contributed by atoms with Gasteiger partial charge in [-0.25, -0.2) is 0 Å². The van der Waals surface area contributed by atoms with E-state index < -0.39 is 11.4 Å². The lowest BCUT2D eigenvalue weighted by Crippen LogP contribution is -2.42. The van der Waals surface area contributed by atoms with Crippen LogP contribution in [0.25, 0.3) is 0 Å². The standard InChI is InChI=1S/C20H29NO5/c1-3-20(4-2,19(23)24)14-21-18(22)17-8-6-5-7-15(17)13-26-16-9-11-25-12-10-16/h5-8,16H,3-4,9-14H2,1-2H3,(H,21,22)(H,23,24). The highest BCUT2D eigenvalue weighted by Crippen LogP contribution is 2.26. The molecule has 6 heteroatoms. The molecule has 0 bridgehead atoms. The Labute approximate surface area is 154 Å². The topological polar surface area (TPSA) is 84.9 Å². The fraction of sp³-hybridized carbons (Fsp3) is 0.600. The van der Waals surface area contributed by atoms with Gasteiger partial charge in [-0.2, -0.15) is 0 Å². The number of rotatable bonds is 9. The summed E-state index contributed by atoms with van der Waals surface area (Å²) in [6, 6.07) is 7.30. The summed E-state index contributed by atoms with van der Waals surface area (Å²) in [4.78, 5) is 24.2. The van der Waals surface area contributed by atoms with Crippen molar-refractivity contribution >= 4 is 11.9 Å². The van der Waals surface area contributed by atoms with Crippen molar-refractivity contribution in [2.24, 2.45) is 5.41 Å². The molecule has 1 aliphatic rings. The fourth-order valence-electron chi connectivity index (χ4n) is 3.14. The van der Waals surface area contributed by atoms with Crippen LogP contribution < -0.4 is 5.32 Å². The first-order valence-corrected chi connectivity index (χ1v) is 9.31. The van der Waals surface area contributed by atoms with Crippen LogP contribution in [0.2, 0.25) is 0 Å². The fourth-order valence-corrected chi connectivity index (χ4v) is 3.14. The zero-order chi connectivity index (χ0) is 19.0. The lowest BCUT2D eigenvalue weighted by atomic mass is 9.82. The van der Waals surface area contributed by atoms with E-state index in [2.05, 4.69) is 5.32 Å². The Balaban J connectivity index is 2.01. The molecular weight excluding hydrogens is 334 g/mol. The van der Waals surface area contributed by atoms with Gasteiger partial charge in [0, 0.05) is 25.3 Å². The Morgan fingerprint density at radius 2 is 1.88 bits per heavy atom. The van der Waals surface area contributed by atoms with Crippen LogP contribution in [0.5, 0.6) is 0 Å². The SMILES string of the molecule is CCC(CC)(CNC(=O)c1ccccc1COC1CCOCC1)C(=O)O. The second-order valence-corrected chi connectivity index (χ2v) is 6.76. The Hall–Kier alpha value is -1.92. The van der Waals surface area contributed by atoms with Crippen molar-refractivity contribution in [3.63, 3.8) is 0 Å². The predicted octanol–water partition coefficient (Wildman–Crippen LogP) is 3.00. The number of hydrogen-bond acceptors (Lipinski definition) is 4. The molecule has 0 radical (unpaired) electrons. The van der Waals surface area contributed by atoms with E-state index in [0.29, 0.717) is 38.2 Å². The highest BCUT2D eigenvalue weighted by Gasteiger charge is 2.35. The second-order valence-electron chi connectivity index (χ2n) is 6.76. The van der Waals surface area contributed by atoms with Crippen LogP contribution in [-0.4, -0.2) is 42.8 Å². The van der Waals surface area contributed by atoms with Crippen LogP contribution in [-0.2, 0) is 20.9 Å². The summed E-state index contributed by atoms with van der Waals surface area (Å²) in [5.74, 6) is -1.14. The van der Waals surface area contributed by atoms with Crippen LogP contribution in [0.3, 0.4) is 0 Å². The third-order valence-electron chi connectivity index (χ3n) is 5.30. The lowest BCUT2D eigenvalue weighted by molar-refractivity contribution is -0.149. The van der Waals surface area contributed by atoms with E-state index in [1.165, 1.54) is 0 Å². The van der Waals surface area contributed by atoms with Gasteiger partial charge in [-0.3, -0.25) is 9.59 Å². The molecule has 1 amide bonds. The van der Waals surface area contributed by atoms with E-state index in [1.807, 2.05) is 26.0 Å². The van der Waals surface area contributed by atoms with Gasteiger partial charge in [0.2, 0.25) is 0 Å². The van der Waals surface area contributed by atoms with Crippen LogP contribution in [0.15, 0.2) is 24.3 Å². The molecule has 0 aromatic heterocycles. The van der Waals surface area contributed by atoms with Crippen molar-refractivity contribution in [2.75, 3.05) is 19.8 Å². The lowest BCUT2D eigenvalue weighted by Gasteiger charge is -2.27. The normalized spacial score (nSPS) is 15.6. The minimum absolute atomic E-state index is 0.114. The molecule has 6 nitrogen and oxygen atoms in total. The van der Waals surface area contributed by atoms with Crippen LogP contribution >= 0.6 is 0 Å². The van der Waals surface area contributed by atoms with Crippen molar-refractivity contribution in [1.82, 2.24) is 5.32 Å². The quantitative estimate of drug-likeness (QED) is 0.704. The van der Waals surface area contributed by atoms with Crippen molar-refractivity contribution in [3.05, 3.63) is 35.4 Å². The number of amides is 1. The maximum absolute atomic E-state index is 12.6. The summed E-state index contributed by atoms with van der Waals surface area (Å²) in [6.07, 6.45) is 2.81. The third kappa shape index (κ3) is 5.05. The van der Waals surface area contributed by atoms with Crippen molar-refractivity contribution in [1.29, 1.82) is 0 Å². The molecule has 1 saturated heterocycles. The van der Waals surface area contributed by atoms with Gasteiger partial charge in [-0.15, -0.1) is 0 Å². The number of carboxylic acids is 1. The van der Waals surface area contributed by atoms with E-state index in [1.54, 1.807) is 12.1 Å². The molecule has 144 valence electrons. The van der Waals surface area contributed by atoms with Crippen molar-refractivity contribution in [3.8, 4) is 0 Å². The maximum Gasteiger partial charge on any atom is 0.311 e. The van der Waals surface area contributed by atoms with Gasteiger partial charge in [0.05, 0.1) is 18.1 Å². The molecule has 2 rings (SSSR count). The van der Waals surface area contributed by atoms with Gasteiger partial charge in [0.1, 0.15) is 0 Å². The van der Waals surface area contributed by atoms with Gasteiger partial charge in [-0.1, -0.05) is 32.0 Å². The van der Waals surface area contributed by atoms with Gasteiger partial charge < -0.3 is 19.9 Å². The van der Waals surface area contributed by atoms with Crippen molar-refractivity contribution < 1.29 is 24.2 Å². The molecule has 0 atom stereocenters.